The van der Waals surface area contributed by atoms with Crippen LogP contribution in [-0.2, 0) is 15.9 Å². The number of carbonyl (C=O) groups is 1. The summed E-state index contributed by atoms with van der Waals surface area (Å²) in [4.78, 5) is 38.4. The first-order valence-corrected chi connectivity index (χ1v) is 18.8. The van der Waals surface area contributed by atoms with Crippen molar-refractivity contribution in [2.24, 2.45) is 11.8 Å². The predicted octanol–water partition coefficient (Wildman–Crippen LogP) is 8.63. The van der Waals surface area contributed by atoms with E-state index in [0.29, 0.717) is 11.8 Å². The van der Waals surface area contributed by atoms with E-state index in [1.54, 1.807) is 0 Å². The molecule has 1 amide bonds. The van der Waals surface area contributed by atoms with E-state index >= 15 is 0 Å². The average Bonchev–Trinajstić information content (AvgIpc) is 3.51. The van der Waals surface area contributed by atoms with Gasteiger partial charge in [0.25, 0.3) is 6.02 Å². The molecule has 4 atom stereocenters. The van der Waals surface area contributed by atoms with E-state index in [-0.39, 0.29) is 24.2 Å². The molecule has 11 nitrogen and oxygen atoms in total. The van der Waals surface area contributed by atoms with Crippen LogP contribution in [0.2, 0.25) is 0 Å². The van der Waals surface area contributed by atoms with Crippen molar-refractivity contribution in [1.82, 2.24) is 34.7 Å². The molecule has 1 aliphatic carbocycles. The quantitative estimate of drug-likeness (QED) is 0.119. The summed E-state index contributed by atoms with van der Waals surface area (Å²) in [6.45, 7) is 13.3. The number of likely N-dealkylation sites (tertiary alicyclic amines) is 2. The number of benzene rings is 2. The van der Waals surface area contributed by atoms with E-state index in [4.69, 9.17) is 29.8 Å². The van der Waals surface area contributed by atoms with Gasteiger partial charge in [-0.15, -0.1) is 0 Å². The molecule has 3 fully saturated rings. The van der Waals surface area contributed by atoms with Crippen molar-refractivity contribution < 1.29 is 14.3 Å². The first-order valence-electron chi connectivity index (χ1n) is 18.8. The van der Waals surface area contributed by atoms with Crippen molar-refractivity contribution in [3.05, 3.63) is 66.4 Å². The minimum absolute atomic E-state index is 0.00121. The monoisotopic (exact) mass is 702 g/mol. The third-order valence-corrected chi connectivity index (χ3v) is 10.6. The Morgan fingerprint density at radius 3 is 2.35 bits per heavy atom. The van der Waals surface area contributed by atoms with Gasteiger partial charge in [0.2, 0.25) is 0 Å². The Labute approximate surface area is 305 Å². The SMILES string of the molecule is CC(C)(C)OC(=N)N1CCCC1c1ncc(-c2ccc3cc(-c4ccc5[nH]c(CCC6C7CCCN(C(=O)OC(C)(C)C)C76)nc5n4)ccc3c2)[nH]1. The van der Waals surface area contributed by atoms with Crippen LogP contribution in [0.5, 0.6) is 0 Å². The lowest BCUT2D eigenvalue weighted by Gasteiger charge is -2.30. The number of fused-ring (bicyclic) bond motifs is 3. The van der Waals surface area contributed by atoms with Crippen LogP contribution < -0.4 is 0 Å². The number of aromatic nitrogens is 5. The second-order valence-corrected chi connectivity index (χ2v) is 16.8. The van der Waals surface area contributed by atoms with E-state index in [9.17, 15) is 4.79 Å². The van der Waals surface area contributed by atoms with E-state index in [2.05, 4.69) is 58.5 Å². The van der Waals surface area contributed by atoms with Crippen molar-refractivity contribution in [2.75, 3.05) is 13.1 Å². The predicted molar refractivity (Wildman–Crippen MR) is 203 cm³/mol. The number of amidine groups is 1. The van der Waals surface area contributed by atoms with Crippen LogP contribution in [0, 0.1) is 17.2 Å². The summed E-state index contributed by atoms with van der Waals surface area (Å²) in [7, 11) is 0. The molecule has 0 radical (unpaired) electrons. The van der Waals surface area contributed by atoms with Crippen LogP contribution in [0.3, 0.4) is 0 Å². The van der Waals surface area contributed by atoms with Gasteiger partial charge in [-0.1, -0.05) is 24.3 Å². The van der Waals surface area contributed by atoms with Gasteiger partial charge in [0, 0.05) is 36.7 Å². The van der Waals surface area contributed by atoms with Crippen molar-refractivity contribution in [3.8, 4) is 22.5 Å². The smallest absolute Gasteiger partial charge is 0.410 e. The zero-order valence-electron chi connectivity index (χ0n) is 31.1. The maximum atomic E-state index is 12.8. The Bertz CT molecular complexity index is 2140. The molecule has 4 unspecified atom stereocenters. The molecule has 3 N–H and O–H groups in total. The number of amides is 1. The fourth-order valence-electron chi connectivity index (χ4n) is 8.23. The summed E-state index contributed by atoms with van der Waals surface area (Å²) in [6.07, 6.45) is 7.68. The highest BCUT2D eigenvalue weighted by atomic mass is 16.6. The normalized spacial score (nSPS) is 21.8. The number of piperidine rings is 1. The van der Waals surface area contributed by atoms with Crippen LogP contribution in [0.15, 0.2) is 54.7 Å². The van der Waals surface area contributed by atoms with Gasteiger partial charge in [-0.05, 0) is 121 Å². The Balaban J connectivity index is 0.931. The summed E-state index contributed by atoms with van der Waals surface area (Å²) in [6, 6.07) is 17.5. The molecule has 2 aromatic carbocycles. The highest BCUT2D eigenvalue weighted by molar-refractivity contribution is 5.90. The highest BCUT2D eigenvalue weighted by Gasteiger charge is 2.56. The number of ether oxygens (including phenoxy) is 2. The van der Waals surface area contributed by atoms with Crippen molar-refractivity contribution >= 4 is 34.1 Å². The van der Waals surface area contributed by atoms with Crippen molar-refractivity contribution in [2.45, 2.75) is 103 Å². The van der Waals surface area contributed by atoms with Crippen LogP contribution in [0.25, 0.3) is 44.5 Å². The molecule has 11 heteroatoms. The summed E-state index contributed by atoms with van der Waals surface area (Å²) < 4.78 is 11.6. The van der Waals surface area contributed by atoms with Gasteiger partial charge in [-0.25, -0.2) is 19.7 Å². The lowest BCUT2D eigenvalue weighted by molar-refractivity contribution is 0.0187. The maximum absolute atomic E-state index is 12.8. The molecule has 5 heterocycles. The Morgan fingerprint density at radius 2 is 1.58 bits per heavy atom. The number of H-pyrrole nitrogens is 2. The summed E-state index contributed by atoms with van der Waals surface area (Å²) in [5.41, 5.74) is 4.72. The molecule has 0 bridgehead atoms. The average molecular weight is 703 g/mol. The third-order valence-electron chi connectivity index (χ3n) is 10.6. The first kappa shape index (κ1) is 34.2. The minimum atomic E-state index is -0.481. The van der Waals surface area contributed by atoms with E-state index in [1.165, 1.54) is 6.42 Å². The van der Waals surface area contributed by atoms with Gasteiger partial charge in [0.1, 0.15) is 22.9 Å². The van der Waals surface area contributed by atoms with E-state index in [0.717, 1.165) is 101 Å². The van der Waals surface area contributed by atoms with Gasteiger partial charge in [-0.2, -0.15) is 0 Å². The lowest BCUT2D eigenvalue weighted by Crippen LogP contribution is -2.41. The number of imidazole rings is 2. The zero-order valence-corrected chi connectivity index (χ0v) is 31.1. The van der Waals surface area contributed by atoms with Gasteiger partial charge >= 0.3 is 6.09 Å². The summed E-state index contributed by atoms with van der Waals surface area (Å²) >= 11 is 0. The second kappa shape index (κ2) is 12.9. The fraction of sp³-hybridized carbons (Fsp3) is 0.488. The van der Waals surface area contributed by atoms with Gasteiger partial charge in [-0.3, -0.25) is 5.41 Å². The third kappa shape index (κ3) is 6.97. The van der Waals surface area contributed by atoms with Gasteiger partial charge in [0.15, 0.2) is 5.65 Å². The molecule has 52 heavy (non-hydrogen) atoms. The van der Waals surface area contributed by atoms with Gasteiger partial charge in [0.05, 0.1) is 29.1 Å². The molecule has 5 aromatic rings. The van der Waals surface area contributed by atoms with E-state index in [1.807, 2.05) is 57.5 Å². The molecule has 2 saturated heterocycles. The summed E-state index contributed by atoms with van der Waals surface area (Å²) in [5.74, 6) is 2.86. The first-order chi connectivity index (χ1) is 24.8. The lowest BCUT2D eigenvalue weighted by atomic mass is 10.0. The number of hydrogen-bond donors (Lipinski definition) is 3. The number of aromatic amines is 2. The van der Waals surface area contributed by atoms with Crippen LogP contribution in [0.4, 0.5) is 4.79 Å². The zero-order chi connectivity index (χ0) is 36.4. The largest absolute Gasteiger partial charge is 0.460 e. The van der Waals surface area contributed by atoms with Crippen LogP contribution in [0.1, 0.15) is 91.3 Å². The molecule has 8 rings (SSSR count). The van der Waals surface area contributed by atoms with Crippen molar-refractivity contribution in [1.29, 1.82) is 5.41 Å². The number of carbonyl (C=O) groups excluding carboxylic acids is 1. The fourth-order valence-corrected chi connectivity index (χ4v) is 8.23. The molecule has 3 aliphatic rings. The number of nitrogens with zero attached hydrogens (tertiary/aromatic N) is 5. The molecular formula is C41H50N8O3. The topological polar surface area (TPSA) is 136 Å². The maximum Gasteiger partial charge on any atom is 0.410 e. The van der Waals surface area contributed by atoms with Crippen LogP contribution >= 0.6 is 0 Å². The summed E-state index contributed by atoms with van der Waals surface area (Å²) in [5, 5.41) is 10.8. The molecule has 0 spiro atoms. The Kier molecular flexibility index (Phi) is 8.50. The molecule has 3 aromatic heterocycles. The molecule has 2 aliphatic heterocycles. The molecule has 1 saturated carbocycles. The van der Waals surface area contributed by atoms with E-state index < -0.39 is 11.2 Å². The second-order valence-electron chi connectivity index (χ2n) is 16.8. The van der Waals surface area contributed by atoms with Crippen LogP contribution in [-0.4, -0.2) is 77.2 Å². The molecule has 272 valence electrons. The number of aryl methyl sites for hydroxylation is 1. The number of nitrogens with one attached hydrogen (secondary N) is 3. The Hall–Kier alpha value is -4.93. The Morgan fingerprint density at radius 1 is 0.865 bits per heavy atom. The number of pyridine rings is 1. The molecular weight excluding hydrogens is 653 g/mol. The standard InChI is InChI=1S/C41H50N8O3/c1-40(2,3)51-38(42)48-19-8-10-33(48)37-43-23-32(46-37)27-14-12-24-21-26(13-11-25(24)22-27)30-16-17-31-36(45-30)47-34(44-31)18-15-29-28-9-7-20-49(35(28)29)39(50)52-41(4,5)6/h11-14,16-17,21-23,28-29,33,35,42H,7-10,15,18-20H2,1-6H3,(H,43,46)(H,44,45,47). The number of hydrogen-bond acceptors (Lipinski definition) is 7. The highest BCUT2D eigenvalue weighted by Crippen LogP contribution is 2.52. The minimum Gasteiger partial charge on any atom is -0.460 e. The van der Waals surface area contributed by atoms with Crippen molar-refractivity contribution in [3.63, 3.8) is 0 Å². The van der Waals surface area contributed by atoms with Gasteiger partial charge < -0.3 is 29.2 Å². The number of rotatable bonds is 6.